The SMILES string of the molecule is CN(C)Cc1ccc(CNC2CCCc3cccnc32)cc1. The molecule has 1 unspecified atom stereocenters. The van der Waals surface area contributed by atoms with Crippen molar-refractivity contribution in [2.45, 2.75) is 38.4 Å². The summed E-state index contributed by atoms with van der Waals surface area (Å²) >= 11 is 0. The zero-order chi connectivity index (χ0) is 15.4. The largest absolute Gasteiger partial charge is 0.305 e. The maximum atomic E-state index is 4.59. The fraction of sp³-hybridized carbons (Fsp3) is 0.421. The Morgan fingerprint density at radius 2 is 1.91 bits per heavy atom. The molecule has 1 heterocycles. The number of rotatable bonds is 5. The number of benzene rings is 1. The molecule has 1 aromatic heterocycles. The molecular formula is C19H25N3. The lowest BCUT2D eigenvalue weighted by molar-refractivity contribution is 0.402. The first-order chi connectivity index (χ1) is 10.7. The van der Waals surface area contributed by atoms with Crippen LogP contribution in [-0.2, 0) is 19.5 Å². The molecule has 2 aromatic rings. The fourth-order valence-electron chi connectivity index (χ4n) is 3.18. The van der Waals surface area contributed by atoms with Gasteiger partial charge in [-0.15, -0.1) is 0 Å². The van der Waals surface area contributed by atoms with Crippen LogP contribution in [0.25, 0.3) is 0 Å². The minimum atomic E-state index is 0.395. The summed E-state index contributed by atoms with van der Waals surface area (Å²) in [6.07, 6.45) is 5.51. The van der Waals surface area contributed by atoms with Crippen LogP contribution in [-0.4, -0.2) is 24.0 Å². The smallest absolute Gasteiger partial charge is 0.0605 e. The molecular weight excluding hydrogens is 270 g/mol. The average Bonchev–Trinajstić information content (AvgIpc) is 2.54. The first kappa shape index (κ1) is 15.2. The molecule has 1 aliphatic carbocycles. The van der Waals surface area contributed by atoms with Gasteiger partial charge in [0.15, 0.2) is 0 Å². The maximum absolute atomic E-state index is 4.59. The van der Waals surface area contributed by atoms with E-state index in [9.17, 15) is 0 Å². The van der Waals surface area contributed by atoms with Gasteiger partial charge in [-0.1, -0.05) is 30.3 Å². The summed E-state index contributed by atoms with van der Waals surface area (Å²) in [6.45, 7) is 1.90. The molecule has 1 atom stereocenters. The van der Waals surface area contributed by atoms with Crippen LogP contribution in [0.15, 0.2) is 42.6 Å². The zero-order valence-corrected chi connectivity index (χ0v) is 13.5. The van der Waals surface area contributed by atoms with Gasteiger partial charge in [-0.3, -0.25) is 4.98 Å². The van der Waals surface area contributed by atoms with Crippen molar-refractivity contribution in [1.29, 1.82) is 0 Å². The minimum absolute atomic E-state index is 0.395. The first-order valence-electron chi connectivity index (χ1n) is 8.12. The van der Waals surface area contributed by atoms with Gasteiger partial charge < -0.3 is 10.2 Å². The van der Waals surface area contributed by atoms with Crippen molar-refractivity contribution in [3.8, 4) is 0 Å². The monoisotopic (exact) mass is 295 g/mol. The average molecular weight is 295 g/mol. The van der Waals surface area contributed by atoms with Gasteiger partial charge >= 0.3 is 0 Å². The molecule has 0 bridgehead atoms. The van der Waals surface area contributed by atoms with E-state index in [0.29, 0.717) is 6.04 Å². The number of hydrogen-bond donors (Lipinski definition) is 1. The lowest BCUT2D eigenvalue weighted by Crippen LogP contribution is -2.25. The van der Waals surface area contributed by atoms with Crippen molar-refractivity contribution in [1.82, 2.24) is 15.2 Å². The molecule has 22 heavy (non-hydrogen) atoms. The van der Waals surface area contributed by atoms with Crippen LogP contribution in [0, 0.1) is 0 Å². The van der Waals surface area contributed by atoms with Gasteiger partial charge in [0.1, 0.15) is 0 Å². The van der Waals surface area contributed by atoms with Gasteiger partial charge in [0.2, 0.25) is 0 Å². The highest BCUT2D eigenvalue weighted by molar-refractivity contribution is 5.26. The second-order valence-corrected chi connectivity index (χ2v) is 6.43. The van der Waals surface area contributed by atoms with Gasteiger partial charge in [0.25, 0.3) is 0 Å². The fourth-order valence-corrected chi connectivity index (χ4v) is 3.18. The molecule has 3 rings (SSSR count). The number of hydrogen-bond acceptors (Lipinski definition) is 3. The second-order valence-electron chi connectivity index (χ2n) is 6.43. The highest BCUT2D eigenvalue weighted by Gasteiger charge is 2.20. The number of fused-ring (bicyclic) bond motifs is 1. The first-order valence-corrected chi connectivity index (χ1v) is 8.12. The molecule has 1 aromatic carbocycles. The Balaban J connectivity index is 1.61. The molecule has 0 fully saturated rings. The van der Waals surface area contributed by atoms with Gasteiger partial charge in [-0.2, -0.15) is 0 Å². The summed E-state index contributed by atoms with van der Waals surface area (Å²) in [5.74, 6) is 0. The van der Waals surface area contributed by atoms with Crippen molar-refractivity contribution in [3.63, 3.8) is 0 Å². The molecule has 0 spiro atoms. The van der Waals surface area contributed by atoms with E-state index >= 15 is 0 Å². The van der Waals surface area contributed by atoms with Crippen LogP contribution in [0.3, 0.4) is 0 Å². The van der Waals surface area contributed by atoms with Crippen LogP contribution in [0.4, 0.5) is 0 Å². The Bertz CT molecular complexity index is 604. The van der Waals surface area contributed by atoms with Crippen molar-refractivity contribution in [3.05, 3.63) is 65.0 Å². The van der Waals surface area contributed by atoms with E-state index in [1.807, 2.05) is 12.3 Å². The number of pyridine rings is 1. The van der Waals surface area contributed by atoms with Crippen molar-refractivity contribution >= 4 is 0 Å². The van der Waals surface area contributed by atoms with Crippen molar-refractivity contribution in [2.75, 3.05) is 14.1 Å². The third-order valence-electron chi connectivity index (χ3n) is 4.27. The number of nitrogens with one attached hydrogen (secondary N) is 1. The lowest BCUT2D eigenvalue weighted by Gasteiger charge is -2.25. The van der Waals surface area contributed by atoms with E-state index in [1.54, 1.807) is 0 Å². The highest BCUT2D eigenvalue weighted by Crippen LogP contribution is 2.27. The quantitative estimate of drug-likeness (QED) is 0.917. The number of aryl methyl sites for hydroxylation is 1. The summed E-state index contributed by atoms with van der Waals surface area (Å²) in [5.41, 5.74) is 5.36. The predicted octanol–water partition coefficient (Wildman–Crippen LogP) is 3.31. The summed E-state index contributed by atoms with van der Waals surface area (Å²) in [7, 11) is 4.20. The minimum Gasteiger partial charge on any atom is -0.305 e. The Kier molecular flexibility index (Phi) is 4.86. The molecule has 0 amide bonds. The molecule has 1 N–H and O–H groups in total. The van der Waals surface area contributed by atoms with Gasteiger partial charge in [0.05, 0.1) is 11.7 Å². The Morgan fingerprint density at radius 1 is 1.14 bits per heavy atom. The number of nitrogens with zero attached hydrogens (tertiary/aromatic N) is 2. The normalized spacial score (nSPS) is 17.5. The molecule has 116 valence electrons. The van der Waals surface area contributed by atoms with E-state index in [1.165, 1.54) is 41.6 Å². The number of aromatic nitrogens is 1. The standard InChI is InChI=1S/C19H25N3/c1-22(2)14-16-10-8-15(9-11-16)13-21-18-7-3-5-17-6-4-12-20-19(17)18/h4,6,8-12,18,21H,3,5,7,13-14H2,1-2H3. The Morgan fingerprint density at radius 3 is 2.68 bits per heavy atom. The summed E-state index contributed by atoms with van der Waals surface area (Å²) in [6, 6.07) is 13.6. The van der Waals surface area contributed by atoms with Crippen LogP contribution in [0.5, 0.6) is 0 Å². The van der Waals surface area contributed by atoms with Crippen LogP contribution >= 0.6 is 0 Å². The van der Waals surface area contributed by atoms with Gasteiger partial charge in [-0.25, -0.2) is 0 Å². The van der Waals surface area contributed by atoms with Crippen molar-refractivity contribution < 1.29 is 0 Å². The lowest BCUT2D eigenvalue weighted by atomic mass is 9.92. The van der Waals surface area contributed by atoms with Crippen LogP contribution in [0.1, 0.15) is 41.3 Å². The van der Waals surface area contributed by atoms with Crippen LogP contribution in [0.2, 0.25) is 0 Å². The van der Waals surface area contributed by atoms with E-state index in [4.69, 9.17) is 0 Å². The zero-order valence-electron chi connectivity index (χ0n) is 13.5. The van der Waals surface area contributed by atoms with Gasteiger partial charge in [-0.05, 0) is 56.1 Å². The topological polar surface area (TPSA) is 28.2 Å². The van der Waals surface area contributed by atoms with Crippen molar-refractivity contribution in [2.24, 2.45) is 0 Å². The third-order valence-corrected chi connectivity index (χ3v) is 4.27. The van der Waals surface area contributed by atoms with Gasteiger partial charge in [0, 0.05) is 19.3 Å². The van der Waals surface area contributed by atoms with E-state index in [0.717, 1.165) is 13.1 Å². The maximum Gasteiger partial charge on any atom is 0.0605 e. The summed E-state index contributed by atoms with van der Waals surface area (Å²) < 4.78 is 0. The van der Waals surface area contributed by atoms with Crippen LogP contribution < -0.4 is 5.32 Å². The van der Waals surface area contributed by atoms with E-state index < -0.39 is 0 Å². The van der Waals surface area contributed by atoms with E-state index in [-0.39, 0.29) is 0 Å². The molecule has 3 heteroatoms. The molecule has 0 aliphatic heterocycles. The Hall–Kier alpha value is -1.71. The Labute approximate surface area is 133 Å². The second kappa shape index (κ2) is 7.03. The molecule has 1 aliphatic rings. The van der Waals surface area contributed by atoms with E-state index in [2.05, 4.69) is 59.6 Å². The summed E-state index contributed by atoms with van der Waals surface area (Å²) in [4.78, 5) is 6.78. The highest BCUT2D eigenvalue weighted by atomic mass is 15.0. The summed E-state index contributed by atoms with van der Waals surface area (Å²) in [5, 5.41) is 3.68. The molecule has 0 saturated carbocycles. The molecule has 0 saturated heterocycles. The molecule has 3 nitrogen and oxygen atoms in total. The molecule has 0 radical (unpaired) electrons. The predicted molar refractivity (Wildman–Crippen MR) is 90.6 cm³/mol. The third kappa shape index (κ3) is 3.73.